The maximum Gasteiger partial charge on any atom is 0.488 e. The van der Waals surface area contributed by atoms with Crippen LogP contribution in [0.2, 0.25) is 0 Å². The lowest BCUT2D eigenvalue weighted by Crippen LogP contribution is -2.37. The van der Waals surface area contributed by atoms with E-state index in [1.807, 2.05) is 135 Å². The van der Waals surface area contributed by atoms with E-state index in [1.165, 1.54) is 65.7 Å². The van der Waals surface area contributed by atoms with Gasteiger partial charge in [-0.3, -0.25) is 14.7 Å². The number of hydrogen-bond acceptors (Lipinski definition) is 31. The topological polar surface area (TPSA) is 513 Å². The Morgan fingerprint density at radius 3 is 1.10 bits per heavy atom. The molecule has 5 aromatic carbocycles. The molecule has 0 radical (unpaired) electrons. The van der Waals surface area contributed by atoms with E-state index >= 15 is 0 Å². The summed E-state index contributed by atoms with van der Waals surface area (Å²) in [4.78, 5) is 110. The molecule has 16 aromatic rings. The molecule has 3 saturated heterocycles. The Kier molecular flexibility index (Phi) is 38.6. The van der Waals surface area contributed by atoms with Gasteiger partial charge in [0.1, 0.15) is 31.6 Å². The van der Waals surface area contributed by atoms with E-state index in [0.29, 0.717) is 24.2 Å². The fraction of sp³-hybridized carbons (Fsp3) is 0.241. The molecule has 3 atom stereocenters. The van der Waals surface area contributed by atoms with Gasteiger partial charge in [-0.1, -0.05) is 49.3 Å². The van der Waals surface area contributed by atoms with Crippen molar-refractivity contribution in [2.75, 3.05) is 74.4 Å². The highest BCUT2D eigenvalue weighted by molar-refractivity contribution is 14.1. The van der Waals surface area contributed by atoms with Crippen LogP contribution in [0.15, 0.2) is 232 Å². The van der Waals surface area contributed by atoms with Crippen molar-refractivity contribution in [3.05, 3.63) is 271 Å². The molecule has 3 aliphatic heterocycles. The zero-order chi connectivity index (χ0) is 89.0. The van der Waals surface area contributed by atoms with Gasteiger partial charge in [0.2, 0.25) is 17.5 Å². The minimum Gasteiger partial charge on any atom is -0.475 e. The lowest BCUT2D eigenvalue weighted by molar-refractivity contribution is 0.0578. The van der Waals surface area contributed by atoms with Crippen molar-refractivity contribution in [1.29, 1.82) is 0 Å². The number of nitrogens with zero attached hydrogens (tertiary/aromatic N) is 26. The van der Waals surface area contributed by atoms with Gasteiger partial charge in [-0.15, -0.1) is 20.4 Å². The Labute approximate surface area is 808 Å². The number of halogens is 4. The zero-order valence-corrected chi connectivity index (χ0v) is 76.1. The summed E-state index contributed by atoms with van der Waals surface area (Å²) in [7, 11) is -2.05. The van der Waals surface area contributed by atoms with E-state index in [2.05, 4.69) is 211 Å². The Morgan fingerprint density at radius 1 is 0.443 bits per heavy atom. The normalized spacial score (nSPS) is 13.9. The number of amides is 2. The minimum absolute atomic E-state index is 0. The number of carboxylic acids is 1. The van der Waals surface area contributed by atoms with Crippen LogP contribution in [0.5, 0.6) is 0 Å². The SMILES string of the molecule is C.C.C.C.C.COC(=O)c1ncn(-c2ccc(I)cc2)n1.COC(=O)c1ncn[nH]1.CS(=O)(=O)c1ccc(-n2cnc(C(=O)N[C@H]3CCN(c4nccn5ccnc45)C3)n2)cc1.N[C@H]1CCN(c2nccn3ccnc23)C1.O=C(N[C@H]1CCN(c2nccn3ccnc23)C1)c1ncn(-c2ccc(I)cc2)n1.O=C(O)c1ncn(-c2ccc(I)cc2)n1.OB(O)c1ccc(I)cc1. The van der Waals surface area contributed by atoms with Crippen LogP contribution in [-0.4, -0.2) is 256 Å². The highest BCUT2D eigenvalue weighted by Gasteiger charge is 2.31. The number of rotatable bonds is 16. The molecule has 131 heavy (non-hydrogen) atoms. The molecular formula is C83H95BI4N30O12S. The first-order chi connectivity index (χ1) is 60.8. The predicted molar refractivity (Wildman–Crippen MR) is 525 cm³/mol. The van der Waals surface area contributed by atoms with E-state index in [1.54, 1.807) is 72.5 Å². The van der Waals surface area contributed by atoms with Crippen molar-refractivity contribution in [2.45, 2.75) is 79.4 Å². The number of methoxy groups -OCH3 is 2. The molecular weight excluding hydrogens is 2160 g/mol. The van der Waals surface area contributed by atoms with Crippen LogP contribution in [0.1, 0.15) is 109 Å². The van der Waals surface area contributed by atoms with Gasteiger partial charge in [-0.05, 0) is 224 Å². The number of carbonyl (C=O) groups excluding carboxylic acids is 4. The van der Waals surface area contributed by atoms with Crippen LogP contribution >= 0.6 is 90.4 Å². The van der Waals surface area contributed by atoms with Crippen LogP contribution in [0.25, 0.3) is 39.7 Å². The number of aromatic carboxylic acids is 1. The molecule has 11 aromatic heterocycles. The Bertz CT molecular complexity index is 6490. The van der Waals surface area contributed by atoms with Gasteiger partial charge < -0.3 is 68.9 Å². The van der Waals surface area contributed by atoms with Crippen molar-refractivity contribution in [3.8, 4) is 22.7 Å². The molecule has 0 aliphatic carbocycles. The number of hydrogen-bond donors (Lipinski definition) is 7. The van der Waals surface area contributed by atoms with Gasteiger partial charge >= 0.3 is 25.0 Å². The lowest BCUT2D eigenvalue weighted by Gasteiger charge is -2.18. The molecule has 686 valence electrons. The fourth-order valence-corrected chi connectivity index (χ4v) is 14.6. The first-order valence-corrected chi connectivity index (χ1v) is 44.1. The average Bonchev–Trinajstić information content (AvgIpc) is 1.64. The molecule has 0 saturated carbocycles. The number of esters is 2. The molecule has 3 aliphatic rings. The van der Waals surface area contributed by atoms with E-state index in [9.17, 15) is 32.4 Å². The molecule has 14 heterocycles. The molecule has 8 N–H and O–H groups in total. The summed E-state index contributed by atoms with van der Waals surface area (Å²) < 4.78 is 48.3. The number of H-pyrrole nitrogens is 1. The number of carbonyl (C=O) groups is 5. The maximum atomic E-state index is 12.7. The van der Waals surface area contributed by atoms with E-state index < -0.39 is 34.9 Å². The second kappa shape index (κ2) is 48.8. The summed E-state index contributed by atoms with van der Waals surface area (Å²) in [5.41, 5.74) is 12.0. The summed E-state index contributed by atoms with van der Waals surface area (Å²) in [5.74, 6) is -0.0637. The number of imidazole rings is 3. The Morgan fingerprint density at radius 2 is 0.771 bits per heavy atom. The number of sulfone groups is 1. The molecule has 0 unspecified atom stereocenters. The number of anilines is 3. The first kappa shape index (κ1) is 104. The molecule has 48 heteroatoms. The number of aromatic nitrogens is 24. The van der Waals surface area contributed by atoms with Gasteiger partial charge in [-0.25, -0.2) is 96.4 Å². The van der Waals surface area contributed by atoms with Crippen LogP contribution in [0.4, 0.5) is 17.5 Å². The van der Waals surface area contributed by atoms with Crippen molar-refractivity contribution in [2.24, 2.45) is 5.73 Å². The number of fused-ring (bicyclic) bond motifs is 3. The number of nitrogens with one attached hydrogen (secondary N) is 3. The van der Waals surface area contributed by atoms with Gasteiger partial charge in [0.05, 0.1) is 41.9 Å². The monoisotopic (exact) mass is 2250 g/mol. The smallest absolute Gasteiger partial charge is 0.475 e. The summed E-state index contributed by atoms with van der Waals surface area (Å²) in [6.45, 7) is 4.68. The minimum atomic E-state index is -3.28. The molecule has 3 fully saturated rings. The zero-order valence-electron chi connectivity index (χ0n) is 66.7. The summed E-state index contributed by atoms with van der Waals surface area (Å²) >= 11 is 8.81. The number of benzene rings is 5. The molecule has 42 nitrogen and oxygen atoms in total. The van der Waals surface area contributed by atoms with Crippen molar-refractivity contribution in [3.63, 3.8) is 0 Å². The average molecular weight is 2260 g/mol. The van der Waals surface area contributed by atoms with Crippen LogP contribution < -0.4 is 36.5 Å². The highest BCUT2D eigenvalue weighted by atomic mass is 127. The fourth-order valence-electron chi connectivity index (χ4n) is 12.5. The standard InChI is InChI=1S/C20H20N8O3S.C19H17IN8O.C10H8IN3O2.C10H13N5.C9H6IN3O2.C6H6BIO2.C4H5N3O2.5CH4/c1-32(30,31)16-4-2-15(3-5-16)28-13-23-17(25-28)20(29)24-14-6-9-27(12-14)19-18-21-7-10-26(18)11-8-22-19;20-13-1-3-15(4-2-13)28-12-23-16(25-28)19(29)24-14-5-8-27(11-14)18-17-21-6-9-26(17)10-7-22-18;1-16-10(15)9-12-6-14(13-9)8-4-2-7(11)3-5-8;11-8-1-4-15(7-8)10-9-12-2-5-14(9)6-3-13-10;10-6-1-3-7(4-2-6)13-5-11-8(12-13)9(14)15;8-6-3-1-5(2-4-6)7(9)10;1-9-4(8)3-5-2-6-7-3;;;;;/h2-5,7-8,10-11,13-14H,6,9,12H2,1H3,(H,24,29);1-4,6-7,9-10,12,14H,5,8,11H2,(H,24,29);2-6H,1H3;2-3,5-6,8H,1,4,7,11H2;1-5H,(H,14,15);1-4,9-10H;2H,1H3,(H,5,6,7);5*1H4/t2*14-;;8-;;;;;;;;/m00.0......../s1. The molecule has 19 rings (SSSR count). The van der Waals surface area contributed by atoms with Gasteiger partial charge in [0, 0.05) is 152 Å². The van der Waals surface area contributed by atoms with Crippen molar-refractivity contribution in [1.82, 2.24) is 128 Å². The van der Waals surface area contributed by atoms with E-state index in [-0.39, 0.29) is 101 Å². The third kappa shape index (κ3) is 27.7. The highest BCUT2D eigenvalue weighted by Crippen LogP contribution is 2.26. The van der Waals surface area contributed by atoms with Gasteiger partial charge in [-0.2, -0.15) is 5.10 Å². The van der Waals surface area contributed by atoms with Crippen LogP contribution in [0.3, 0.4) is 0 Å². The summed E-state index contributed by atoms with van der Waals surface area (Å²) in [6, 6.07) is 36.5. The number of carboxylic acid groups (broad SMARTS) is 1. The van der Waals surface area contributed by atoms with E-state index in [4.69, 9.17) is 20.9 Å². The molecule has 0 bridgehead atoms. The lowest BCUT2D eigenvalue weighted by atomic mass is 9.81. The van der Waals surface area contributed by atoms with E-state index in [0.717, 1.165) is 117 Å². The third-order valence-electron chi connectivity index (χ3n) is 18.7. The van der Waals surface area contributed by atoms with Crippen LogP contribution in [-0.2, 0) is 19.3 Å². The number of nitrogens with two attached hydrogens (primary N) is 1. The Hall–Kier alpha value is -12.8. The number of ether oxygens (including phenoxy) is 2. The molecule has 2 amide bonds. The molecule has 0 spiro atoms. The van der Waals surface area contributed by atoms with Crippen molar-refractivity contribution >= 4 is 177 Å². The summed E-state index contributed by atoms with van der Waals surface area (Å²) in [6.07, 6.45) is 32.7. The Balaban J connectivity index is 0.000000196. The van der Waals surface area contributed by atoms with Crippen LogP contribution in [0, 0.1) is 14.3 Å². The van der Waals surface area contributed by atoms with Gasteiger partial charge in [0.25, 0.3) is 23.5 Å². The second-order valence-corrected chi connectivity index (χ2v) is 34.3. The summed E-state index contributed by atoms with van der Waals surface area (Å²) in [5, 5.41) is 54.2. The first-order valence-electron chi connectivity index (χ1n) is 37.9. The van der Waals surface area contributed by atoms with Gasteiger partial charge in [0.15, 0.2) is 44.2 Å². The third-order valence-corrected chi connectivity index (χ3v) is 22.8. The maximum absolute atomic E-state index is 12.7. The largest absolute Gasteiger partial charge is 0.488 e. The number of aromatic amines is 1. The predicted octanol–water partition coefficient (Wildman–Crippen LogP) is 8.88. The quantitative estimate of drug-likeness (QED) is 0.0269. The second-order valence-electron chi connectivity index (χ2n) is 27.3. The van der Waals surface area contributed by atoms with Crippen molar-refractivity contribution < 1.29 is 57.0 Å².